The van der Waals surface area contributed by atoms with Crippen LogP contribution in [-0.4, -0.2) is 31.9 Å². The summed E-state index contributed by atoms with van der Waals surface area (Å²) in [5.74, 6) is 0.125. The van der Waals surface area contributed by atoms with Gasteiger partial charge in [0.2, 0.25) is 10.0 Å². The summed E-state index contributed by atoms with van der Waals surface area (Å²) in [4.78, 5) is 0. The second-order valence-electron chi connectivity index (χ2n) is 2.52. The molecule has 0 aliphatic carbocycles. The van der Waals surface area contributed by atoms with Gasteiger partial charge in [0, 0.05) is 6.54 Å². The first-order valence-electron chi connectivity index (χ1n) is 3.63. The van der Waals surface area contributed by atoms with Crippen molar-refractivity contribution < 1.29 is 13.5 Å². The summed E-state index contributed by atoms with van der Waals surface area (Å²) < 4.78 is 24.1. The summed E-state index contributed by atoms with van der Waals surface area (Å²) in [5, 5.41) is 8.76. The van der Waals surface area contributed by atoms with Crippen molar-refractivity contribution in [2.24, 2.45) is 0 Å². The van der Waals surface area contributed by atoms with Crippen LogP contribution in [0.25, 0.3) is 0 Å². The van der Waals surface area contributed by atoms with Gasteiger partial charge in [0.15, 0.2) is 0 Å². The third-order valence-corrected chi connectivity index (χ3v) is 2.62. The van der Waals surface area contributed by atoms with Gasteiger partial charge < -0.3 is 5.11 Å². The lowest BCUT2D eigenvalue weighted by Crippen LogP contribution is -2.32. The molecule has 2 N–H and O–H groups in total. The second kappa shape index (κ2) is 4.69. The molecule has 0 aliphatic rings. The third-order valence-electron chi connectivity index (χ3n) is 1.07. The highest BCUT2D eigenvalue weighted by Crippen LogP contribution is 1.88. The zero-order valence-corrected chi connectivity index (χ0v) is 7.69. The quantitative estimate of drug-likeness (QED) is 0.612. The number of aliphatic hydroxyl groups excluding tert-OH is 1. The van der Waals surface area contributed by atoms with Gasteiger partial charge in [0.25, 0.3) is 0 Å². The van der Waals surface area contributed by atoms with Crippen LogP contribution in [0, 0.1) is 0 Å². The van der Waals surface area contributed by atoms with Crippen LogP contribution in [0.1, 0.15) is 20.3 Å². The van der Waals surface area contributed by atoms with E-state index >= 15 is 0 Å². The van der Waals surface area contributed by atoms with Gasteiger partial charge in [0.05, 0.1) is 11.9 Å². The number of rotatable bonds is 5. The van der Waals surface area contributed by atoms with Gasteiger partial charge in [-0.15, -0.1) is 0 Å². The molecule has 0 saturated heterocycles. The van der Waals surface area contributed by atoms with Gasteiger partial charge in [-0.2, -0.15) is 0 Å². The maximum absolute atomic E-state index is 10.9. The van der Waals surface area contributed by atoms with Crippen molar-refractivity contribution in [3.8, 4) is 0 Å². The molecule has 0 aliphatic heterocycles. The lowest BCUT2D eigenvalue weighted by molar-refractivity contribution is 0.198. The topological polar surface area (TPSA) is 66.4 Å². The Morgan fingerprint density at radius 3 is 2.45 bits per heavy atom. The average molecular weight is 181 g/mol. The minimum absolute atomic E-state index is 0.0995. The summed E-state index contributed by atoms with van der Waals surface area (Å²) in [6, 6.07) is 0. The molecule has 11 heavy (non-hydrogen) atoms. The molecule has 0 heterocycles. The van der Waals surface area contributed by atoms with E-state index in [1.807, 2.05) is 0 Å². The monoisotopic (exact) mass is 181 g/mol. The fourth-order valence-corrected chi connectivity index (χ4v) is 1.77. The molecule has 0 aromatic carbocycles. The molecule has 0 spiro atoms. The highest BCUT2D eigenvalue weighted by atomic mass is 32.2. The molecule has 0 aromatic heterocycles. The van der Waals surface area contributed by atoms with Crippen molar-refractivity contribution in [1.29, 1.82) is 0 Å². The normalized spacial score (nSPS) is 14.8. The van der Waals surface area contributed by atoms with Crippen LogP contribution >= 0.6 is 0 Å². The third kappa shape index (κ3) is 6.28. The van der Waals surface area contributed by atoms with Crippen molar-refractivity contribution in [1.82, 2.24) is 4.72 Å². The number of sulfonamides is 1. The average Bonchev–Trinajstić information content (AvgIpc) is 1.84. The van der Waals surface area contributed by atoms with Crippen LogP contribution in [0.15, 0.2) is 0 Å². The maximum atomic E-state index is 10.9. The van der Waals surface area contributed by atoms with E-state index in [2.05, 4.69) is 4.72 Å². The SMILES string of the molecule is CCCS(=O)(=O)NC[C@H](C)O. The summed E-state index contributed by atoms with van der Waals surface area (Å²) in [6.45, 7) is 3.43. The molecule has 4 nitrogen and oxygen atoms in total. The van der Waals surface area contributed by atoms with Gasteiger partial charge in [0.1, 0.15) is 0 Å². The van der Waals surface area contributed by atoms with Crippen molar-refractivity contribution in [3.63, 3.8) is 0 Å². The molecular weight excluding hydrogens is 166 g/mol. The molecule has 0 radical (unpaired) electrons. The van der Waals surface area contributed by atoms with Crippen LogP contribution < -0.4 is 4.72 Å². The van der Waals surface area contributed by atoms with Crippen LogP contribution in [0.2, 0.25) is 0 Å². The van der Waals surface area contributed by atoms with Gasteiger partial charge >= 0.3 is 0 Å². The Hall–Kier alpha value is -0.130. The van der Waals surface area contributed by atoms with E-state index in [4.69, 9.17) is 5.11 Å². The van der Waals surface area contributed by atoms with Crippen LogP contribution in [-0.2, 0) is 10.0 Å². The smallest absolute Gasteiger partial charge is 0.211 e. The molecule has 5 heteroatoms. The Kier molecular flexibility index (Phi) is 4.63. The Morgan fingerprint density at radius 1 is 1.55 bits per heavy atom. The first-order valence-corrected chi connectivity index (χ1v) is 5.28. The van der Waals surface area contributed by atoms with Gasteiger partial charge in [-0.25, -0.2) is 13.1 Å². The van der Waals surface area contributed by atoms with Crippen molar-refractivity contribution in [3.05, 3.63) is 0 Å². The van der Waals surface area contributed by atoms with E-state index in [0.29, 0.717) is 6.42 Å². The van der Waals surface area contributed by atoms with Crippen molar-refractivity contribution in [2.75, 3.05) is 12.3 Å². The Labute approximate surface area is 67.7 Å². The molecular formula is C6H15NO3S. The molecule has 0 unspecified atom stereocenters. The minimum Gasteiger partial charge on any atom is -0.392 e. The van der Waals surface area contributed by atoms with E-state index in [-0.39, 0.29) is 12.3 Å². The number of aliphatic hydroxyl groups is 1. The summed E-state index contributed by atoms with van der Waals surface area (Å²) in [6.07, 6.45) is -0.0311. The Morgan fingerprint density at radius 2 is 2.09 bits per heavy atom. The lowest BCUT2D eigenvalue weighted by atomic mass is 10.4. The van der Waals surface area contributed by atoms with Gasteiger partial charge in [-0.3, -0.25) is 0 Å². The largest absolute Gasteiger partial charge is 0.392 e. The van der Waals surface area contributed by atoms with E-state index in [1.54, 1.807) is 6.92 Å². The fourth-order valence-electron chi connectivity index (χ4n) is 0.588. The zero-order valence-electron chi connectivity index (χ0n) is 6.87. The maximum Gasteiger partial charge on any atom is 0.211 e. The van der Waals surface area contributed by atoms with E-state index in [9.17, 15) is 8.42 Å². The number of nitrogens with one attached hydrogen (secondary N) is 1. The molecule has 0 aromatic rings. The molecule has 0 rings (SSSR count). The molecule has 0 bridgehead atoms. The molecule has 68 valence electrons. The summed E-state index contributed by atoms with van der Waals surface area (Å²) in [5.41, 5.74) is 0. The van der Waals surface area contributed by atoms with E-state index < -0.39 is 16.1 Å². The summed E-state index contributed by atoms with van der Waals surface area (Å²) in [7, 11) is -3.14. The standard InChI is InChI=1S/C6H15NO3S/c1-3-4-11(9,10)7-5-6(2)8/h6-8H,3-5H2,1-2H3/t6-/m0/s1. The second-order valence-corrected chi connectivity index (χ2v) is 4.44. The molecule has 1 atom stereocenters. The molecule has 0 saturated carbocycles. The predicted molar refractivity (Wildman–Crippen MR) is 43.8 cm³/mol. The first-order chi connectivity index (χ1) is 4.98. The highest BCUT2D eigenvalue weighted by Gasteiger charge is 2.08. The lowest BCUT2D eigenvalue weighted by Gasteiger charge is -2.06. The van der Waals surface area contributed by atoms with Crippen LogP contribution in [0.3, 0.4) is 0 Å². The highest BCUT2D eigenvalue weighted by molar-refractivity contribution is 7.89. The number of hydrogen-bond acceptors (Lipinski definition) is 3. The van der Waals surface area contributed by atoms with Gasteiger partial charge in [-0.1, -0.05) is 6.92 Å². The summed E-state index contributed by atoms with van der Waals surface area (Å²) >= 11 is 0. The predicted octanol–water partition coefficient (Wildman–Crippen LogP) is -0.303. The minimum atomic E-state index is -3.14. The van der Waals surface area contributed by atoms with Crippen LogP contribution in [0.4, 0.5) is 0 Å². The first kappa shape index (κ1) is 10.9. The van der Waals surface area contributed by atoms with Gasteiger partial charge in [-0.05, 0) is 13.3 Å². The molecule has 0 amide bonds. The van der Waals surface area contributed by atoms with E-state index in [0.717, 1.165) is 0 Å². The van der Waals surface area contributed by atoms with Crippen molar-refractivity contribution in [2.45, 2.75) is 26.4 Å². The van der Waals surface area contributed by atoms with Crippen molar-refractivity contribution >= 4 is 10.0 Å². The Balaban J connectivity index is 3.74. The number of hydrogen-bond donors (Lipinski definition) is 2. The van der Waals surface area contributed by atoms with E-state index in [1.165, 1.54) is 6.92 Å². The Bertz CT molecular complexity index is 186. The molecule has 0 fully saturated rings. The fraction of sp³-hybridized carbons (Fsp3) is 1.00. The zero-order chi connectivity index (χ0) is 8.91. The van der Waals surface area contributed by atoms with Crippen LogP contribution in [0.5, 0.6) is 0 Å².